The van der Waals surface area contributed by atoms with Gasteiger partial charge in [-0.1, -0.05) is 13.8 Å². The van der Waals surface area contributed by atoms with Crippen LogP contribution in [0.4, 0.5) is 0 Å². The van der Waals surface area contributed by atoms with Crippen molar-refractivity contribution >= 4 is 17.3 Å². The molecular weight excluding hydrogens is 284 g/mol. The van der Waals surface area contributed by atoms with Gasteiger partial charge in [-0.2, -0.15) is 4.80 Å². The fraction of sp³-hybridized carbons (Fsp3) is 0.733. The number of hydrogen-bond acceptors (Lipinski definition) is 6. The molecule has 0 saturated heterocycles. The van der Waals surface area contributed by atoms with Crippen LogP contribution in [-0.4, -0.2) is 37.6 Å². The van der Waals surface area contributed by atoms with E-state index in [-0.39, 0.29) is 47.6 Å². The molecule has 1 aliphatic rings. The molecule has 1 fully saturated rings. The molecule has 0 spiro atoms. The van der Waals surface area contributed by atoms with Crippen LogP contribution < -0.4 is 0 Å². The fourth-order valence-electron chi connectivity index (χ4n) is 2.60. The minimum absolute atomic E-state index is 0.140. The summed E-state index contributed by atoms with van der Waals surface area (Å²) in [6.45, 7) is 9.46. The van der Waals surface area contributed by atoms with E-state index in [1.165, 1.54) is 4.80 Å². The highest BCUT2D eigenvalue weighted by molar-refractivity contribution is 6.21. The minimum atomic E-state index is -1.16. The molecule has 0 aliphatic heterocycles. The van der Waals surface area contributed by atoms with E-state index in [1.807, 2.05) is 34.6 Å². The number of tetrazole rings is 1. The summed E-state index contributed by atoms with van der Waals surface area (Å²) in [6, 6.07) is 0. The summed E-state index contributed by atoms with van der Waals surface area (Å²) in [5.41, 5.74) is -0.701. The predicted molar refractivity (Wildman–Crippen MR) is 78.0 cm³/mol. The van der Waals surface area contributed by atoms with E-state index in [9.17, 15) is 14.4 Å². The van der Waals surface area contributed by atoms with E-state index in [0.717, 1.165) is 0 Å². The minimum Gasteiger partial charge on any atom is -0.298 e. The van der Waals surface area contributed by atoms with Crippen molar-refractivity contribution < 1.29 is 14.4 Å². The van der Waals surface area contributed by atoms with E-state index < -0.39 is 11.7 Å². The van der Waals surface area contributed by atoms with Crippen LogP contribution in [0.5, 0.6) is 0 Å². The highest BCUT2D eigenvalue weighted by Crippen LogP contribution is 2.34. The number of Topliss-reactive ketones (excluding diaryl/α,β-unsaturated/α-hetero) is 3. The van der Waals surface area contributed by atoms with Gasteiger partial charge in [0.05, 0.1) is 12.0 Å². The Labute approximate surface area is 129 Å². The molecule has 0 radical (unpaired) electrons. The van der Waals surface area contributed by atoms with Crippen molar-refractivity contribution in [2.45, 2.75) is 59.4 Å². The van der Waals surface area contributed by atoms with E-state index in [4.69, 9.17) is 0 Å². The van der Waals surface area contributed by atoms with Crippen molar-refractivity contribution in [3.05, 3.63) is 5.82 Å². The van der Waals surface area contributed by atoms with Gasteiger partial charge in [-0.05, 0) is 31.4 Å². The largest absolute Gasteiger partial charge is 0.298 e. The maximum Gasteiger partial charge on any atom is 0.182 e. The lowest BCUT2D eigenvalue weighted by atomic mass is 9.70. The molecule has 1 aromatic rings. The van der Waals surface area contributed by atoms with Crippen LogP contribution in [0.1, 0.15) is 53.3 Å². The number of carbonyl (C=O) groups is 3. The topological polar surface area (TPSA) is 94.8 Å². The predicted octanol–water partition coefficient (Wildman–Crippen LogP) is 1.11. The molecule has 1 aromatic heterocycles. The van der Waals surface area contributed by atoms with Crippen molar-refractivity contribution in [3.63, 3.8) is 0 Å². The molecule has 1 aliphatic carbocycles. The molecule has 0 aromatic carbocycles. The SMILES string of the molecule is CC1(C)CC(=O)C(C(=O)Cc2nnn(C(C)(C)C)n2)C(=O)C1. The lowest BCUT2D eigenvalue weighted by Crippen LogP contribution is -2.42. The molecular formula is C15H22N4O3. The van der Waals surface area contributed by atoms with Crippen LogP contribution >= 0.6 is 0 Å². The van der Waals surface area contributed by atoms with E-state index in [2.05, 4.69) is 15.4 Å². The van der Waals surface area contributed by atoms with Gasteiger partial charge >= 0.3 is 0 Å². The van der Waals surface area contributed by atoms with Gasteiger partial charge < -0.3 is 0 Å². The van der Waals surface area contributed by atoms with Crippen LogP contribution in [0.15, 0.2) is 0 Å². The third kappa shape index (κ3) is 3.45. The Morgan fingerprint density at radius 1 is 1.23 bits per heavy atom. The number of rotatable bonds is 3. The molecule has 1 heterocycles. The van der Waals surface area contributed by atoms with Crippen LogP contribution in [0, 0.1) is 11.3 Å². The molecule has 0 atom stereocenters. The molecule has 120 valence electrons. The summed E-state index contributed by atoms with van der Waals surface area (Å²) >= 11 is 0. The zero-order chi connectivity index (χ0) is 16.7. The first kappa shape index (κ1) is 16.5. The summed E-state index contributed by atoms with van der Waals surface area (Å²) < 4.78 is 0. The van der Waals surface area contributed by atoms with E-state index in [1.54, 1.807) is 0 Å². The molecule has 0 bridgehead atoms. The molecule has 7 heteroatoms. The highest BCUT2D eigenvalue weighted by Gasteiger charge is 2.43. The van der Waals surface area contributed by atoms with Crippen molar-refractivity contribution in [1.82, 2.24) is 20.2 Å². The Balaban J connectivity index is 2.11. The van der Waals surface area contributed by atoms with Crippen LogP contribution in [0.3, 0.4) is 0 Å². The average molecular weight is 306 g/mol. The van der Waals surface area contributed by atoms with Crippen molar-refractivity contribution in [2.75, 3.05) is 0 Å². The quantitative estimate of drug-likeness (QED) is 0.776. The maximum absolute atomic E-state index is 12.3. The van der Waals surface area contributed by atoms with Crippen molar-refractivity contribution in [3.8, 4) is 0 Å². The third-order valence-corrected chi connectivity index (χ3v) is 3.66. The summed E-state index contributed by atoms with van der Waals surface area (Å²) in [6.07, 6.45) is 0.354. The Morgan fingerprint density at radius 3 is 2.23 bits per heavy atom. The fourth-order valence-corrected chi connectivity index (χ4v) is 2.60. The first-order chi connectivity index (χ1) is 9.99. The van der Waals surface area contributed by atoms with Crippen molar-refractivity contribution in [1.29, 1.82) is 0 Å². The normalized spacial score (nSPS) is 19.5. The van der Waals surface area contributed by atoms with Crippen LogP contribution in [0.25, 0.3) is 0 Å². The molecule has 0 unspecified atom stereocenters. The van der Waals surface area contributed by atoms with Crippen LogP contribution in [-0.2, 0) is 26.3 Å². The highest BCUT2D eigenvalue weighted by atomic mass is 16.2. The molecule has 0 amide bonds. The number of aromatic nitrogens is 4. The number of nitrogens with zero attached hydrogens (tertiary/aromatic N) is 4. The van der Waals surface area contributed by atoms with Gasteiger partial charge in [0.1, 0.15) is 5.92 Å². The van der Waals surface area contributed by atoms with Gasteiger partial charge in [0.2, 0.25) is 0 Å². The van der Waals surface area contributed by atoms with Crippen molar-refractivity contribution in [2.24, 2.45) is 11.3 Å². The Hall–Kier alpha value is -1.92. The Morgan fingerprint density at radius 2 is 1.77 bits per heavy atom. The van der Waals surface area contributed by atoms with E-state index >= 15 is 0 Å². The third-order valence-electron chi connectivity index (χ3n) is 3.66. The van der Waals surface area contributed by atoms with Gasteiger partial charge in [0.25, 0.3) is 0 Å². The summed E-state index contributed by atoms with van der Waals surface area (Å²) in [5, 5.41) is 11.9. The lowest BCUT2D eigenvalue weighted by Gasteiger charge is -2.31. The Bertz CT molecular complexity index is 605. The Kier molecular flexibility index (Phi) is 4.02. The molecule has 7 nitrogen and oxygen atoms in total. The second kappa shape index (κ2) is 5.37. The number of hydrogen-bond donors (Lipinski definition) is 0. The molecule has 1 saturated carbocycles. The standard InChI is InChI=1S/C15H22N4O3/c1-14(2,3)19-17-12(16-18-19)6-9(20)13-10(21)7-15(4,5)8-11(13)22/h13H,6-8H2,1-5H3. The first-order valence-corrected chi connectivity index (χ1v) is 7.37. The average Bonchev–Trinajstić information content (AvgIpc) is 2.73. The van der Waals surface area contributed by atoms with Gasteiger partial charge in [-0.15, -0.1) is 10.2 Å². The smallest absolute Gasteiger partial charge is 0.182 e. The molecule has 0 N–H and O–H groups in total. The summed E-state index contributed by atoms with van der Waals surface area (Å²) in [5.74, 6) is -1.94. The molecule has 22 heavy (non-hydrogen) atoms. The summed E-state index contributed by atoms with van der Waals surface area (Å²) in [4.78, 5) is 37.9. The lowest BCUT2D eigenvalue weighted by molar-refractivity contribution is -0.145. The summed E-state index contributed by atoms with van der Waals surface area (Å²) in [7, 11) is 0. The number of ketones is 3. The zero-order valence-corrected chi connectivity index (χ0v) is 13.7. The van der Waals surface area contributed by atoms with Gasteiger partial charge in [0, 0.05) is 12.8 Å². The van der Waals surface area contributed by atoms with Gasteiger partial charge in [-0.25, -0.2) is 0 Å². The van der Waals surface area contributed by atoms with Crippen LogP contribution in [0.2, 0.25) is 0 Å². The maximum atomic E-state index is 12.3. The number of carbonyl (C=O) groups excluding carboxylic acids is 3. The van der Waals surface area contributed by atoms with E-state index in [0.29, 0.717) is 0 Å². The second-order valence-corrected chi connectivity index (χ2v) is 7.69. The first-order valence-electron chi connectivity index (χ1n) is 7.37. The second-order valence-electron chi connectivity index (χ2n) is 7.69. The monoisotopic (exact) mass is 306 g/mol. The van der Waals surface area contributed by atoms with Gasteiger partial charge in [-0.3, -0.25) is 14.4 Å². The molecule has 2 rings (SSSR count). The zero-order valence-electron chi connectivity index (χ0n) is 13.7. The van der Waals surface area contributed by atoms with Gasteiger partial charge in [0.15, 0.2) is 23.2 Å².